The Hall–Kier alpha value is -2.45. The summed E-state index contributed by atoms with van der Waals surface area (Å²) in [5.41, 5.74) is 0. The Morgan fingerprint density at radius 3 is 1.98 bits per heavy atom. The third kappa shape index (κ3) is 24.2. The van der Waals surface area contributed by atoms with Crippen LogP contribution < -0.4 is 5.11 Å². The van der Waals surface area contributed by atoms with Crippen molar-refractivity contribution >= 4 is 17.9 Å². The Morgan fingerprint density at radius 2 is 1.33 bits per heavy atom. The monoisotopic (exact) mass is 593 g/mol. The Labute approximate surface area is 255 Å². The lowest BCUT2D eigenvalue weighted by Crippen LogP contribution is -2.55. The van der Waals surface area contributed by atoms with Crippen molar-refractivity contribution in [2.75, 3.05) is 41.0 Å². The highest BCUT2D eigenvalue weighted by atomic mass is 16.6. The van der Waals surface area contributed by atoms with E-state index in [1.807, 2.05) is 6.08 Å². The molecule has 0 aromatic rings. The van der Waals surface area contributed by atoms with Crippen LogP contribution in [0.3, 0.4) is 0 Å². The van der Waals surface area contributed by atoms with Crippen molar-refractivity contribution in [1.82, 2.24) is 0 Å². The number of hydrogen-bond acceptors (Lipinski definition) is 7. The summed E-state index contributed by atoms with van der Waals surface area (Å²) in [6.07, 6.45) is 24.9. The van der Waals surface area contributed by atoms with Gasteiger partial charge in [0.25, 0.3) is 0 Å². The number of hydrogen-bond donors (Lipinski definition) is 0. The molecule has 0 saturated carbocycles. The number of aliphatic carboxylic acids is 1. The molecule has 242 valence electrons. The minimum atomic E-state index is -1.14. The third-order valence-electron chi connectivity index (χ3n) is 6.79. The van der Waals surface area contributed by atoms with Crippen LogP contribution in [0, 0.1) is 0 Å². The second-order valence-corrected chi connectivity index (χ2v) is 11.7. The number of ether oxygens (including phenoxy) is 3. The van der Waals surface area contributed by atoms with Crippen LogP contribution in [-0.2, 0) is 28.6 Å². The molecule has 0 aromatic heterocycles. The Bertz CT molecular complexity index is 798. The minimum absolute atomic E-state index is 0.0159. The molecule has 8 heteroatoms. The van der Waals surface area contributed by atoms with Gasteiger partial charge in [-0.2, -0.15) is 0 Å². The van der Waals surface area contributed by atoms with Gasteiger partial charge in [0, 0.05) is 19.3 Å². The first-order valence-electron chi connectivity index (χ1n) is 16.0. The number of rotatable bonds is 27. The lowest BCUT2D eigenvalue weighted by molar-refractivity contribution is -0.889. The highest BCUT2D eigenvalue weighted by molar-refractivity contribution is 5.70. The molecule has 0 aromatic carbocycles. The number of esters is 2. The van der Waals surface area contributed by atoms with Crippen LogP contribution in [0.25, 0.3) is 0 Å². The van der Waals surface area contributed by atoms with Gasteiger partial charge in [0.2, 0.25) is 0 Å². The first-order valence-corrected chi connectivity index (χ1v) is 16.0. The van der Waals surface area contributed by atoms with E-state index in [1.165, 1.54) is 25.7 Å². The molecule has 2 unspecified atom stereocenters. The van der Waals surface area contributed by atoms with Crippen LogP contribution in [0.5, 0.6) is 0 Å². The molecule has 0 saturated heterocycles. The molecule has 42 heavy (non-hydrogen) atoms. The maximum absolute atomic E-state index is 12.4. The number of allylic oxidation sites excluding steroid dienone is 6. The largest absolute Gasteiger partial charge is 0.544 e. The van der Waals surface area contributed by atoms with Crippen LogP contribution in [0.2, 0.25) is 0 Å². The van der Waals surface area contributed by atoms with Crippen molar-refractivity contribution in [3.8, 4) is 0 Å². The fourth-order valence-electron chi connectivity index (χ4n) is 4.18. The fourth-order valence-corrected chi connectivity index (χ4v) is 4.18. The first kappa shape index (κ1) is 39.5. The van der Waals surface area contributed by atoms with Gasteiger partial charge in [-0.3, -0.25) is 9.59 Å². The molecule has 0 heterocycles. The summed E-state index contributed by atoms with van der Waals surface area (Å²) in [4.78, 5) is 36.2. The second-order valence-electron chi connectivity index (χ2n) is 11.7. The molecule has 0 radical (unpaired) electrons. The number of likely N-dealkylation sites (N-methyl/N-ethyl adjacent to an activating group) is 1. The predicted octanol–water partition coefficient (Wildman–Crippen LogP) is 5.84. The molecular weight excluding hydrogens is 534 g/mol. The van der Waals surface area contributed by atoms with Gasteiger partial charge in [-0.05, 0) is 44.9 Å². The molecule has 0 aliphatic carbocycles. The quantitative estimate of drug-likeness (QED) is 0.0387. The van der Waals surface area contributed by atoms with Crippen LogP contribution in [-0.4, -0.2) is 75.5 Å². The molecule has 8 nitrogen and oxygen atoms in total. The minimum Gasteiger partial charge on any atom is -0.544 e. The lowest BCUT2D eigenvalue weighted by atomic mass is 10.1. The number of unbranched alkanes of at least 4 members (excludes halogenated alkanes) is 8. The van der Waals surface area contributed by atoms with E-state index in [0.717, 1.165) is 44.9 Å². The van der Waals surface area contributed by atoms with Crippen molar-refractivity contribution in [2.45, 2.75) is 122 Å². The van der Waals surface area contributed by atoms with Crippen molar-refractivity contribution in [2.24, 2.45) is 0 Å². The Morgan fingerprint density at radius 1 is 0.714 bits per heavy atom. The summed E-state index contributed by atoms with van der Waals surface area (Å²) in [6.45, 7) is 4.42. The molecule has 0 N–H and O–H groups in total. The molecule has 0 aliphatic rings. The van der Waals surface area contributed by atoms with E-state index >= 15 is 0 Å². The van der Waals surface area contributed by atoms with E-state index in [0.29, 0.717) is 12.8 Å². The second kappa shape index (κ2) is 26.2. The van der Waals surface area contributed by atoms with Crippen LogP contribution >= 0.6 is 0 Å². The summed E-state index contributed by atoms with van der Waals surface area (Å²) in [7, 11) is 5.35. The van der Waals surface area contributed by atoms with E-state index < -0.39 is 18.1 Å². The number of carbonyl (C=O) groups is 3. The van der Waals surface area contributed by atoms with E-state index in [-0.39, 0.29) is 49.1 Å². The summed E-state index contributed by atoms with van der Waals surface area (Å²) in [5.74, 6) is -1.85. The molecule has 0 amide bonds. The van der Waals surface area contributed by atoms with Gasteiger partial charge >= 0.3 is 11.9 Å². The molecule has 0 rings (SSSR count). The zero-order chi connectivity index (χ0) is 31.5. The van der Waals surface area contributed by atoms with Crippen molar-refractivity contribution in [3.63, 3.8) is 0 Å². The number of carbonyl (C=O) groups excluding carboxylic acids is 3. The zero-order valence-electron chi connectivity index (χ0n) is 27.2. The standard InChI is InChI=1S/C34H59NO7/c1-6-8-10-12-14-15-16-17-19-20-22-24-32(36)41-29-30(28-40-27-26-31(34(38)39)35(3,4)5)42-33(37)25-23-21-18-13-11-9-7-2/h12,14-16,18,21,30-31H,6-11,13,17,19-20,22-29H2,1-5H3/b14-12+,16-15+,21-18+. The van der Waals surface area contributed by atoms with E-state index in [9.17, 15) is 19.5 Å². The molecule has 0 fully saturated rings. The number of carboxylic acid groups (broad SMARTS) is 1. The Kier molecular flexibility index (Phi) is 24.7. The van der Waals surface area contributed by atoms with Gasteiger partial charge in [0.05, 0.1) is 40.3 Å². The van der Waals surface area contributed by atoms with Gasteiger partial charge < -0.3 is 28.6 Å². The van der Waals surface area contributed by atoms with Crippen molar-refractivity contribution < 1.29 is 38.2 Å². The van der Waals surface area contributed by atoms with Gasteiger partial charge in [-0.15, -0.1) is 0 Å². The SMILES string of the molecule is CCCC/C=C/C=C/CCCCCC(=O)OCC(COCCC(C(=O)[O-])[N+](C)(C)C)OC(=O)CC/C=C/CCCCC. The number of nitrogens with zero attached hydrogens (tertiary/aromatic N) is 1. The van der Waals surface area contributed by atoms with Gasteiger partial charge in [-0.1, -0.05) is 82.4 Å². The van der Waals surface area contributed by atoms with Crippen LogP contribution in [0.4, 0.5) is 0 Å². The smallest absolute Gasteiger partial charge is 0.306 e. The summed E-state index contributed by atoms with van der Waals surface area (Å²) in [5, 5.41) is 11.5. The number of quaternary nitrogens is 1. The van der Waals surface area contributed by atoms with E-state index in [2.05, 4.69) is 44.2 Å². The van der Waals surface area contributed by atoms with E-state index in [1.54, 1.807) is 21.1 Å². The number of carboxylic acids is 1. The maximum atomic E-state index is 12.4. The van der Waals surface area contributed by atoms with Crippen molar-refractivity contribution in [1.29, 1.82) is 0 Å². The van der Waals surface area contributed by atoms with Gasteiger partial charge in [-0.25, -0.2) is 0 Å². The fraction of sp³-hybridized carbons (Fsp3) is 0.735. The van der Waals surface area contributed by atoms with Crippen LogP contribution in [0.1, 0.15) is 110 Å². The summed E-state index contributed by atoms with van der Waals surface area (Å²) < 4.78 is 16.8. The predicted molar refractivity (Wildman–Crippen MR) is 167 cm³/mol. The van der Waals surface area contributed by atoms with Gasteiger partial charge in [0.15, 0.2) is 6.10 Å². The van der Waals surface area contributed by atoms with Crippen LogP contribution in [0.15, 0.2) is 36.5 Å². The average molecular weight is 594 g/mol. The highest BCUT2D eigenvalue weighted by Gasteiger charge is 2.25. The summed E-state index contributed by atoms with van der Waals surface area (Å²) >= 11 is 0. The highest BCUT2D eigenvalue weighted by Crippen LogP contribution is 2.10. The van der Waals surface area contributed by atoms with Crippen molar-refractivity contribution in [3.05, 3.63) is 36.5 Å². The summed E-state index contributed by atoms with van der Waals surface area (Å²) in [6, 6.07) is -0.731. The van der Waals surface area contributed by atoms with Gasteiger partial charge in [0.1, 0.15) is 12.6 Å². The molecule has 2 atom stereocenters. The molecule has 0 spiro atoms. The maximum Gasteiger partial charge on any atom is 0.306 e. The molecular formula is C34H59NO7. The average Bonchev–Trinajstić information content (AvgIpc) is 2.92. The van der Waals surface area contributed by atoms with E-state index in [4.69, 9.17) is 14.2 Å². The topological polar surface area (TPSA) is 102 Å². The molecule has 0 bridgehead atoms. The normalized spacial score (nSPS) is 13.6. The first-order chi connectivity index (χ1) is 20.1. The third-order valence-corrected chi connectivity index (χ3v) is 6.79. The zero-order valence-corrected chi connectivity index (χ0v) is 27.2. The molecule has 0 aliphatic heterocycles. The lowest BCUT2D eigenvalue weighted by Gasteiger charge is -2.34. The Balaban J connectivity index is 4.58.